The molecular weight excluding hydrogens is 196 g/mol. The second-order valence-corrected chi connectivity index (χ2v) is 3.69. The average Bonchev–Trinajstić information content (AvgIpc) is 2.72. The zero-order valence-electron chi connectivity index (χ0n) is 9.41. The lowest BCUT2D eigenvalue weighted by molar-refractivity contribution is -0.123. The minimum absolute atomic E-state index is 0.0608. The van der Waals surface area contributed by atoms with Crippen LogP contribution in [0, 0.1) is 0 Å². The second kappa shape index (κ2) is 6.76. The fourth-order valence-corrected chi connectivity index (χ4v) is 1.63. The summed E-state index contributed by atoms with van der Waals surface area (Å²) in [5.74, 6) is 0.0608. The second-order valence-electron chi connectivity index (χ2n) is 3.69. The van der Waals surface area contributed by atoms with Crippen LogP contribution in [0.5, 0.6) is 0 Å². The summed E-state index contributed by atoms with van der Waals surface area (Å²) in [6.07, 6.45) is 1.77. The summed E-state index contributed by atoms with van der Waals surface area (Å²) >= 11 is 0. The molecule has 0 spiro atoms. The van der Waals surface area contributed by atoms with Crippen molar-refractivity contribution >= 4 is 5.91 Å². The van der Waals surface area contributed by atoms with Crippen LogP contribution in [0.1, 0.15) is 12.8 Å². The smallest absolute Gasteiger partial charge is 0.237 e. The largest absolute Gasteiger partial charge is 0.385 e. The Kier molecular flexibility index (Phi) is 5.60. The van der Waals surface area contributed by atoms with Crippen LogP contribution in [0.3, 0.4) is 0 Å². The molecule has 15 heavy (non-hydrogen) atoms. The maximum Gasteiger partial charge on any atom is 0.237 e. The Hall–Kier alpha value is -0.650. The molecule has 1 fully saturated rings. The van der Waals surface area contributed by atoms with Crippen LogP contribution < -0.4 is 10.6 Å². The van der Waals surface area contributed by atoms with E-state index in [-0.39, 0.29) is 18.1 Å². The monoisotopic (exact) mass is 216 g/mol. The van der Waals surface area contributed by atoms with Crippen LogP contribution >= 0.6 is 0 Å². The molecule has 2 unspecified atom stereocenters. The van der Waals surface area contributed by atoms with Crippen LogP contribution in [-0.2, 0) is 14.3 Å². The van der Waals surface area contributed by atoms with Gasteiger partial charge in [-0.25, -0.2) is 0 Å². The third-order valence-corrected chi connectivity index (χ3v) is 2.56. The number of ether oxygens (including phenoxy) is 2. The van der Waals surface area contributed by atoms with E-state index < -0.39 is 0 Å². The minimum Gasteiger partial charge on any atom is -0.385 e. The number of carbonyl (C=O) groups is 1. The van der Waals surface area contributed by atoms with E-state index in [1.165, 1.54) is 0 Å². The van der Waals surface area contributed by atoms with E-state index >= 15 is 0 Å². The van der Waals surface area contributed by atoms with Crippen molar-refractivity contribution in [3.8, 4) is 0 Å². The zero-order chi connectivity index (χ0) is 11.1. The highest BCUT2D eigenvalue weighted by atomic mass is 16.5. The van der Waals surface area contributed by atoms with Gasteiger partial charge in [-0.1, -0.05) is 0 Å². The lowest BCUT2D eigenvalue weighted by Gasteiger charge is -2.10. The van der Waals surface area contributed by atoms with Gasteiger partial charge in [0.2, 0.25) is 5.91 Å². The van der Waals surface area contributed by atoms with Crippen LogP contribution in [0.4, 0.5) is 0 Å². The van der Waals surface area contributed by atoms with Crippen LogP contribution in [0.2, 0.25) is 0 Å². The predicted octanol–water partition coefficient (Wildman–Crippen LogP) is -0.484. The molecule has 0 aromatic rings. The molecular formula is C10H20N2O3. The maximum absolute atomic E-state index is 11.6. The zero-order valence-corrected chi connectivity index (χ0v) is 9.41. The minimum atomic E-state index is -0.0995. The van der Waals surface area contributed by atoms with Gasteiger partial charge in [-0.2, -0.15) is 0 Å². The maximum atomic E-state index is 11.6. The lowest BCUT2D eigenvalue weighted by atomic mass is 10.2. The quantitative estimate of drug-likeness (QED) is 0.589. The molecule has 0 radical (unpaired) electrons. The number of hydrogen-bond donors (Lipinski definition) is 2. The Morgan fingerprint density at radius 1 is 1.53 bits per heavy atom. The summed E-state index contributed by atoms with van der Waals surface area (Å²) in [4.78, 5) is 11.6. The van der Waals surface area contributed by atoms with Gasteiger partial charge in [0, 0.05) is 33.9 Å². The van der Waals surface area contributed by atoms with Gasteiger partial charge in [0.15, 0.2) is 0 Å². The van der Waals surface area contributed by atoms with Crippen molar-refractivity contribution in [2.24, 2.45) is 0 Å². The first-order chi connectivity index (χ1) is 7.27. The molecule has 0 aromatic heterocycles. The van der Waals surface area contributed by atoms with E-state index in [1.54, 1.807) is 14.2 Å². The number of hydrogen-bond acceptors (Lipinski definition) is 4. The molecule has 0 aromatic carbocycles. The molecule has 1 aliphatic heterocycles. The lowest BCUT2D eigenvalue weighted by Crippen LogP contribution is -2.40. The normalized spacial score (nSPS) is 25.5. The molecule has 0 bridgehead atoms. The molecule has 2 N–H and O–H groups in total. The predicted molar refractivity (Wildman–Crippen MR) is 56.7 cm³/mol. The topological polar surface area (TPSA) is 59.6 Å². The van der Waals surface area contributed by atoms with Crippen molar-refractivity contribution in [1.82, 2.24) is 10.6 Å². The number of amides is 1. The van der Waals surface area contributed by atoms with E-state index in [9.17, 15) is 4.79 Å². The number of rotatable bonds is 6. The third kappa shape index (κ3) is 4.15. The summed E-state index contributed by atoms with van der Waals surface area (Å²) in [7, 11) is 3.33. The molecule has 1 saturated heterocycles. The fourth-order valence-electron chi connectivity index (χ4n) is 1.63. The number of carbonyl (C=O) groups excluding carboxylic acids is 1. The van der Waals surface area contributed by atoms with E-state index in [1.807, 2.05) is 0 Å². The molecule has 1 heterocycles. The van der Waals surface area contributed by atoms with Crippen molar-refractivity contribution in [2.75, 3.05) is 33.9 Å². The van der Waals surface area contributed by atoms with Gasteiger partial charge in [-0.3, -0.25) is 4.79 Å². The van der Waals surface area contributed by atoms with Gasteiger partial charge in [-0.05, 0) is 12.8 Å². The molecule has 5 nitrogen and oxygen atoms in total. The molecule has 1 rings (SSSR count). The van der Waals surface area contributed by atoms with Gasteiger partial charge in [0.1, 0.15) is 0 Å². The SMILES string of the molecule is COCCCNC(=O)C1CC(OC)CN1. The molecule has 88 valence electrons. The first-order valence-corrected chi connectivity index (χ1v) is 5.30. The van der Waals surface area contributed by atoms with Gasteiger partial charge >= 0.3 is 0 Å². The Balaban J connectivity index is 2.12. The van der Waals surface area contributed by atoms with E-state index in [2.05, 4.69) is 10.6 Å². The molecule has 2 atom stereocenters. The van der Waals surface area contributed by atoms with Crippen molar-refractivity contribution < 1.29 is 14.3 Å². The summed E-state index contributed by atoms with van der Waals surface area (Å²) in [5.41, 5.74) is 0. The number of nitrogens with one attached hydrogen (secondary N) is 2. The highest BCUT2D eigenvalue weighted by Gasteiger charge is 2.28. The van der Waals surface area contributed by atoms with Crippen LogP contribution in [-0.4, -0.2) is 52.0 Å². The molecule has 5 heteroatoms. The number of methoxy groups -OCH3 is 2. The van der Waals surface area contributed by atoms with Crippen molar-refractivity contribution in [3.63, 3.8) is 0 Å². The molecule has 1 amide bonds. The van der Waals surface area contributed by atoms with Gasteiger partial charge in [-0.15, -0.1) is 0 Å². The summed E-state index contributed by atoms with van der Waals surface area (Å²) < 4.78 is 10.1. The summed E-state index contributed by atoms with van der Waals surface area (Å²) in [6.45, 7) is 2.11. The van der Waals surface area contributed by atoms with Crippen LogP contribution in [0.25, 0.3) is 0 Å². The van der Waals surface area contributed by atoms with Gasteiger partial charge in [0.25, 0.3) is 0 Å². The first kappa shape index (κ1) is 12.4. The summed E-state index contributed by atoms with van der Waals surface area (Å²) in [6, 6.07) is -0.0995. The molecule has 0 aliphatic carbocycles. The van der Waals surface area contributed by atoms with Gasteiger partial charge < -0.3 is 20.1 Å². The Morgan fingerprint density at radius 2 is 2.33 bits per heavy atom. The van der Waals surface area contributed by atoms with E-state index in [0.29, 0.717) is 13.2 Å². The third-order valence-electron chi connectivity index (χ3n) is 2.56. The molecule has 0 saturated carbocycles. The highest BCUT2D eigenvalue weighted by Crippen LogP contribution is 2.09. The van der Waals surface area contributed by atoms with Gasteiger partial charge in [0.05, 0.1) is 12.1 Å². The average molecular weight is 216 g/mol. The Morgan fingerprint density at radius 3 is 2.93 bits per heavy atom. The standard InChI is InChI=1S/C10H20N2O3/c1-14-5-3-4-11-10(13)9-6-8(15-2)7-12-9/h8-9,12H,3-7H2,1-2H3,(H,11,13). The van der Waals surface area contributed by atoms with Crippen LogP contribution in [0.15, 0.2) is 0 Å². The molecule has 1 aliphatic rings. The van der Waals surface area contributed by atoms with Crippen molar-refractivity contribution in [2.45, 2.75) is 25.0 Å². The van der Waals surface area contributed by atoms with Crippen molar-refractivity contribution in [1.29, 1.82) is 0 Å². The van der Waals surface area contributed by atoms with E-state index in [4.69, 9.17) is 9.47 Å². The highest BCUT2D eigenvalue weighted by molar-refractivity contribution is 5.82. The Bertz CT molecular complexity index is 199. The fraction of sp³-hybridized carbons (Fsp3) is 0.900. The van der Waals surface area contributed by atoms with Crippen molar-refractivity contribution in [3.05, 3.63) is 0 Å². The Labute approximate surface area is 90.5 Å². The summed E-state index contributed by atoms with van der Waals surface area (Å²) in [5, 5.41) is 6.00. The van der Waals surface area contributed by atoms with E-state index in [0.717, 1.165) is 19.4 Å². The first-order valence-electron chi connectivity index (χ1n) is 5.30.